The molecule has 2 saturated carbocycles. The number of Topliss-reactive ketones (excluding diaryl/α,β-unsaturated/α-hetero) is 1. The molecule has 2 aliphatic rings. The average molecular weight is 285 g/mol. The van der Waals surface area contributed by atoms with Gasteiger partial charge in [-0.2, -0.15) is 0 Å². The second kappa shape index (κ2) is 3.42. The molecule has 2 aliphatic carbocycles. The van der Waals surface area contributed by atoms with Gasteiger partial charge in [-0.05, 0) is 59.2 Å². The Morgan fingerprint density at radius 1 is 1.40 bits per heavy atom. The van der Waals surface area contributed by atoms with Crippen LogP contribution in [0.5, 0.6) is 0 Å². The zero-order valence-electron chi connectivity index (χ0n) is 8.46. The van der Waals surface area contributed by atoms with E-state index >= 15 is 0 Å². The third-order valence-electron chi connectivity index (χ3n) is 3.96. The van der Waals surface area contributed by atoms with E-state index in [4.69, 9.17) is 0 Å². The van der Waals surface area contributed by atoms with Crippen LogP contribution >= 0.6 is 27.3 Å². The molecule has 0 radical (unpaired) electrons. The highest BCUT2D eigenvalue weighted by Crippen LogP contribution is 2.59. The van der Waals surface area contributed by atoms with E-state index < -0.39 is 0 Å². The number of rotatable bonds is 2. The van der Waals surface area contributed by atoms with Crippen LogP contribution in [-0.2, 0) is 0 Å². The minimum absolute atomic E-state index is 0.329. The van der Waals surface area contributed by atoms with Gasteiger partial charge in [0.25, 0.3) is 0 Å². The van der Waals surface area contributed by atoms with Crippen molar-refractivity contribution in [2.24, 2.45) is 11.3 Å². The molecule has 0 unspecified atom stereocenters. The zero-order chi connectivity index (χ0) is 10.5. The minimum Gasteiger partial charge on any atom is -0.293 e. The average Bonchev–Trinajstić information content (AvgIpc) is 2.46. The highest BCUT2D eigenvalue weighted by molar-refractivity contribution is 9.11. The first-order valence-corrected chi connectivity index (χ1v) is 7.09. The lowest BCUT2D eigenvalue weighted by molar-refractivity contribution is -0.0148. The van der Waals surface area contributed by atoms with Gasteiger partial charge in [-0.1, -0.05) is 6.42 Å². The number of hydrogen-bond donors (Lipinski definition) is 0. The Morgan fingerprint density at radius 3 is 2.60 bits per heavy atom. The van der Waals surface area contributed by atoms with Crippen molar-refractivity contribution in [2.75, 3.05) is 0 Å². The van der Waals surface area contributed by atoms with Crippen molar-refractivity contribution in [1.29, 1.82) is 0 Å². The fourth-order valence-corrected chi connectivity index (χ4v) is 4.31. The molecule has 1 aromatic rings. The predicted molar refractivity (Wildman–Crippen MR) is 65.4 cm³/mol. The van der Waals surface area contributed by atoms with E-state index in [1.165, 1.54) is 19.3 Å². The van der Waals surface area contributed by atoms with E-state index in [0.29, 0.717) is 17.1 Å². The Kier molecular flexibility index (Phi) is 2.29. The van der Waals surface area contributed by atoms with E-state index in [0.717, 1.165) is 21.5 Å². The summed E-state index contributed by atoms with van der Waals surface area (Å²) in [7, 11) is 0. The van der Waals surface area contributed by atoms with Crippen molar-refractivity contribution >= 4 is 33.0 Å². The van der Waals surface area contributed by atoms with E-state index in [2.05, 4.69) is 15.9 Å². The van der Waals surface area contributed by atoms with Gasteiger partial charge in [0.05, 0.1) is 8.66 Å². The van der Waals surface area contributed by atoms with E-state index in [1.807, 2.05) is 12.1 Å². The van der Waals surface area contributed by atoms with Crippen LogP contribution < -0.4 is 0 Å². The molecule has 1 nitrogen and oxygen atoms in total. The standard InChI is InChI=1S/C12H13BrOS/c13-10-3-2-9(15-10)11(14)8-6-12(7-8)4-1-5-12/h2-3,8H,1,4-7H2. The third-order valence-corrected chi connectivity index (χ3v) is 5.60. The lowest BCUT2D eigenvalue weighted by Gasteiger charge is -2.53. The number of carbonyl (C=O) groups excluding carboxylic acids is 1. The van der Waals surface area contributed by atoms with E-state index in [-0.39, 0.29) is 0 Å². The van der Waals surface area contributed by atoms with E-state index in [9.17, 15) is 4.79 Å². The van der Waals surface area contributed by atoms with Crippen molar-refractivity contribution < 1.29 is 4.79 Å². The Hall–Kier alpha value is -0.150. The first-order chi connectivity index (χ1) is 7.19. The second-order valence-electron chi connectivity index (χ2n) is 4.93. The van der Waals surface area contributed by atoms with Gasteiger partial charge in [0.15, 0.2) is 5.78 Å². The van der Waals surface area contributed by atoms with Gasteiger partial charge in [0.2, 0.25) is 0 Å². The van der Waals surface area contributed by atoms with Gasteiger partial charge in [-0.25, -0.2) is 0 Å². The molecule has 0 saturated heterocycles. The largest absolute Gasteiger partial charge is 0.293 e. The molecule has 1 spiro atoms. The fourth-order valence-electron chi connectivity index (χ4n) is 2.90. The Labute approximate surface area is 102 Å². The SMILES string of the molecule is O=C(c1ccc(Br)s1)C1CC2(CCC2)C1. The van der Waals surface area contributed by atoms with Crippen LogP contribution in [0.1, 0.15) is 41.8 Å². The molecule has 2 fully saturated rings. The number of thiophene rings is 1. The molecule has 0 amide bonds. The second-order valence-corrected chi connectivity index (χ2v) is 7.39. The predicted octanol–water partition coefficient (Wildman–Crippen LogP) is 4.27. The van der Waals surface area contributed by atoms with Crippen LogP contribution in [0, 0.1) is 11.3 Å². The quantitative estimate of drug-likeness (QED) is 0.741. The maximum Gasteiger partial charge on any atom is 0.175 e. The van der Waals surface area contributed by atoms with Crippen molar-refractivity contribution in [1.82, 2.24) is 0 Å². The topological polar surface area (TPSA) is 17.1 Å². The van der Waals surface area contributed by atoms with Crippen LogP contribution in [-0.4, -0.2) is 5.78 Å². The molecule has 0 aliphatic heterocycles. The lowest BCUT2D eigenvalue weighted by atomic mass is 9.51. The first kappa shape index (κ1) is 10.0. The van der Waals surface area contributed by atoms with E-state index in [1.54, 1.807) is 11.3 Å². The van der Waals surface area contributed by atoms with Crippen molar-refractivity contribution in [3.05, 3.63) is 20.8 Å². The van der Waals surface area contributed by atoms with Gasteiger partial charge in [0.1, 0.15) is 0 Å². The highest BCUT2D eigenvalue weighted by Gasteiger charge is 2.50. The molecule has 80 valence electrons. The number of carbonyl (C=O) groups is 1. The smallest absolute Gasteiger partial charge is 0.175 e. The molecule has 0 N–H and O–H groups in total. The van der Waals surface area contributed by atoms with Gasteiger partial charge in [-0.3, -0.25) is 4.79 Å². The van der Waals surface area contributed by atoms with Crippen LogP contribution in [0.4, 0.5) is 0 Å². The summed E-state index contributed by atoms with van der Waals surface area (Å²) in [4.78, 5) is 13.0. The maximum absolute atomic E-state index is 12.1. The fraction of sp³-hybridized carbons (Fsp3) is 0.583. The summed E-state index contributed by atoms with van der Waals surface area (Å²) in [6, 6.07) is 3.92. The van der Waals surface area contributed by atoms with Crippen LogP contribution in [0.25, 0.3) is 0 Å². The third kappa shape index (κ3) is 1.60. The molecule has 0 atom stereocenters. The van der Waals surface area contributed by atoms with Gasteiger partial charge >= 0.3 is 0 Å². The minimum atomic E-state index is 0.329. The number of halogens is 1. The van der Waals surface area contributed by atoms with Crippen molar-refractivity contribution in [3.8, 4) is 0 Å². The lowest BCUT2D eigenvalue weighted by Crippen LogP contribution is -2.45. The molecule has 3 rings (SSSR count). The van der Waals surface area contributed by atoms with Gasteiger partial charge in [-0.15, -0.1) is 11.3 Å². The zero-order valence-corrected chi connectivity index (χ0v) is 10.9. The highest BCUT2D eigenvalue weighted by atomic mass is 79.9. The Balaban J connectivity index is 1.67. The Morgan fingerprint density at radius 2 is 2.13 bits per heavy atom. The van der Waals surface area contributed by atoms with Gasteiger partial charge in [0, 0.05) is 5.92 Å². The maximum atomic E-state index is 12.1. The number of hydrogen-bond acceptors (Lipinski definition) is 2. The summed E-state index contributed by atoms with van der Waals surface area (Å²) < 4.78 is 1.06. The molecule has 1 heterocycles. The van der Waals surface area contributed by atoms with Crippen LogP contribution in [0.3, 0.4) is 0 Å². The molecule has 3 heteroatoms. The molecule has 0 bridgehead atoms. The first-order valence-electron chi connectivity index (χ1n) is 5.48. The Bertz CT molecular complexity index is 398. The van der Waals surface area contributed by atoms with Crippen molar-refractivity contribution in [2.45, 2.75) is 32.1 Å². The molecular weight excluding hydrogens is 272 g/mol. The number of ketones is 1. The molecular formula is C12H13BrOS. The summed E-state index contributed by atoms with van der Waals surface area (Å²) in [5.41, 5.74) is 0.606. The summed E-state index contributed by atoms with van der Waals surface area (Å²) >= 11 is 4.97. The summed E-state index contributed by atoms with van der Waals surface area (Å²) in [5, 5.41) is 0. The summed E-state index contributed by atoms with van der Waals surface area (Å²) in [6.45, 7) is 0. The van der Waals surface area contributed by atoms with Gasteiger partial charge < -0.3 is 0 Å². The molecule has 0 aromatic carbocycles. The summed E-state index contributed by atoms with van der Waals surface area (Å²) in [6.07, 6.45) is 6.42. The van der Waals surface area contributed by atoms with Crippen LogP contribution in [0.2, 0.25) is 0 Å². The normalized spacial score (nSPS) is 23.5. The molecule has 1 aromatic heterocycles. The summed E-state index contributed by atoms with van der Waals surface area (Å²) in [5.74, 6) is 0.707. The monoisotopic (exact) mass is 284 g/mol. The molecule has 15 heavy (non-hydrogen) atoms. The van der Waals surface area contributed by atoms with Crippen LogP contribution in [0.15, 0.2) is 15.9 Å². The van der Waals surface area contributed by atoms with Crippen molar-refractivity contribution in [3.63, 3.8) is 0 Å².